The van der Waals surface area contributed by atoms with E-state index in [0.717, 1.165) is 6.26 Å². The standard InChI is InChI=1S/C11H18N2O5S/c1-19(17,18)13-6-2-5-12-7-8-3-4-9(14)11(16)10(8)15/h3-4,12-16H,2,5-7H2,1H3. The van der Waals surface area contributed by atoms with Crippen LogP contribution in [0.15, 0.2) is 12.1 Å². The van der Waals surface area contributed by atoms with Crippen molar-refractivity contribution < 1.29 is 23.7 Å². The number of nitrogens with one attached hydrogen (secondary N) is 2. The normalized spacial score (nSPS) is 11.6. The summed E-state index contributed by atoms with van der Waals surface area (Å²) < 4.78 is 23.9. The van der Waals surface area contributed by atoms with E-state index in [2.05, 4.69) is 10.0 Å². The Balaban J connectivity index is 2.32. The highest BCUT2D eigenvalue weighted by Gasteiger charge is 2.10. The molecule has 0 aliphatic heterocycles. The molecular weight excluding hydrogens is 272 g/mol. The molecule has 0 spiro atoms. The van der Waals surface area contributed by atoms with E-state index in [-0.39, 0.29) is 11.5 Å². The molecule has 0 aliphatic rings. The molecule has 0 aromatic heterocycles. The van der Waals surface area contributed by atoms with E-state index in [0.29, 0.717) is 31.6 Å². The van der Waals surface area contributed by atoms with Crippen molar-refractivity contribution in [2.75, 3.05) is 19.3 Å². The maximum absolute atomic E-state index is 10.8. The third kappa shape index (κ3) is 5.33. The van der Waals surface area contributed by atoms with Gasteiger partial charge >= 0.3 is 0 Å². The van der Waals surface area contributed by atoms with Crippen molar-refractivity contribution in [3.63, 3.8) is 0 Å². The van der Waals surface area contributed by atoms with Crippen molar-refractivity contribution in [3.05, 3.63) is 17.7 Å². The summed E-state index contributed by atoms with van der Waals surface area (Å²) >= 11 is 0. The van der Waals surface area contributed by atoms with Crippen molar-refractivity contribution in [1.29, 1.82) is 0 Å². The molecule has 108 valence electrons. The van der Waals surface area contributed by atoms with Gasteiger partial charge in [-0.05, 0) is 19.0 Å². The zero-order valence-electron chi connectivity index (χ0n) is 10.5. The Morgan fingerprint density at radius 3 is 2.42 bits per heavy atom. The number of benzene rings is 1. The predicted octanol–water partition coefficient (Wildman–Crippen LogP) is -0.168. The molecule has 0 unspecified atom stereocenters. The monoisotopic (exact) mass is 290 g/mol. The molecule has 0 fully saturated rings. The number of sulfonamides is 1. The van der Waals surface area contributed by atoms with Crippen LogP contribution in [0.1, 0.15) is 12.0 Å². The van der Waals surface area contributed by atoms with E-state index in [1.54, 1.807) is 0 Å². The summed E-state index contributed by atoms with van der Waals surface area (Å²) in [5.74, 6) is -1.28. The van der Waals surface area contributed by atoms with E-state index in [9.17, 15) is 18.6 Å². The summed E-state index contributed by atoms with van der Waals surface area (Å²) in [5.41, 5.74) is 0.450. The molecule has 1 rings (SSSR count). The SMILES string of the molecule is CS(=O)(=O)NCCCNCc1ccc(O)c(O)c1O. The second kappa shape index (κ2) is 6.60. The first-order valence-electron chi connectivity index (χ1n) is 5.69. The van der Waals surface area contributed by atoms with Gasteiger partial charge in [-0.3, -0.25) is 0 Å². The smallest absolute Gasteiger partial charge is 0.208 e. The molecular formula is C11H18N2O5S. The molecule has 0 bridgehead atoms. The Morgan fingerprint density at radius 1 is 1.11 bits per heavy atom. The minimum Gasteiger partial charge on any atom is -0.504 e. The van der Waals surface area contributed by atoms with Gasteiger partial charge in [-0.25, -0.2) is 13.1 Å². The van der Waals surface area contributed by atoms with E-state index >= 15 is 0 Å². The summed E-state index contributed by atoms with van der Waals surface area (Å²) in [7, 11) is -3.16. The number of phenolic OH excluding ortho intramolecular Hbond substituents is 3. The van der Waals surface area contributed by atoms with E-state index in [4.69, 9.17) is 5.11 Å². The van der Waals surface area contributed by atoms with Gasteiger partial charge in [-0.2, -0.15) is 0 Å². The van der Waals surface area contributed by atoms with Crippen LogP contribution in [-0.2, 0) is 16.6 Å². The summed E-state index contributed by atoms with van der Waals surface area (Å²) in [6, 6.07) is 2.78. The fourth-order valence-electron chi connectivity index (χ4n) is 1.45. The Morgan fingerprint density at radius 2 is 1.79 bits per heavy atom. The third-order valence-corrected chi connectivity index (χ3v) is 3.15. The number of aromatic hydroxyl groups is 3. The highest BCUT2D eigenvalue weighted by molar-refractivity contribution is 7.88. The van der Waals surface area contributed by atoms with Gasteiger partial charge in [0.25, 0.3) is 0 Å². The zero-order valence-corrected chi connectivity index (χ0v) is 11.4. The van der Waals surface area contributed by atoms with Crippen LogP contribution in [0.3, 0.4) is 0 Å². The summed E-state index contributed by atoms with van der Waals surface area (Å²) in [6.07, 6.45) is 1.69. The summed E-state index contributed by atoms with van der Waals surface area (Å²) in [4.78, 5) is 0. The van der Waals surface area contributed by atoms with Crippen molar-refractivity contribution in [2.24, 2.45) is 0 Å². The fraction of sp³-hybridized carbons (Fsp3) is 0.455. The molecule has 1 aromatic rings. The molecule has 1 aromatic carbocycles. The van der Waals surface area contributed by atoms with Crippen LogP contribution < -0.4 is 10.0 Å². The number of rotatable bonds is 7. The van der Waals surface area contributed by atoms with E-state index < -0.39 is 15.8 Å². The van der Waals surface area contributed by atoms with Gasteiger partial charge < -0.3 is 20.6 Å². The molecule has 5 N–H and O–H groups in total. The molecule has 0 amide bonds. The first kappa shape index (κ1) is 15.5. The first-order valence-corrected chi connectivity index (χ1v) is 7.58. The summed E-state index contributed by atoms with van der Waals surface area (Å²) in [5, 5.41) is 31.0. The quantitative estimate of drug-likeness (QED) is 0.351. The van der Waals surface area contributed by atoms with E-state index in [1.807, 2.05) is 0 Å². The molecule has 0 radical (unpaired) electrons. The summed E-state index contributed by atoms with van der Waals surface area (Å²) in [6.45, 7) is 1.18. The van der Waals surface area contributed by atoms with Gasteiger partial charge in [-0.1, -0.05) is 6.07 Å². The largest absolute Gasteiger partial charge is 0.504 e. The van der Waals surface area contributed by atoms with Gasteiger partial charge in [0.05, 0.1) is 6.26 Å². The maximum atomic E-state index is 10.8. The average molecular weight is 290 g/mol. The predicted molar refractivity (Wildman–Crippen MR) is 70.6 cm³/mol. The molecule has 0 saturated heterocycles. The van der Waals surface area contributed by atoms with Crippen LogP contribution >= 0.6 is 0 Å². The lowest BCUT2D eigenvalue weighted by atomic mass is 10.1. The van der Waals surface area contributed by atoms with Gasteiger partial charge in [0.15, 0.2) is 11.5 Å². The second-order valence-corrected chi connectivity index (χ2v) is 5.97. The van der Waals surface area contributed by atoms with Crippen LogP contribution in [-0.4, -0.2) is 43.1 Å². The van der Waals surface area contributed by atoms with Crippen LogP contribution in [0.2, 0.25) is 0 Å². The van der Waals surface area contributed by atoms with Gasteiger partial charge in [0.1, 0.15) is 0 Å². The second-order valence-electron chi connectivity index (χ2n) is 4.14. The van der Waals surface area contributed by atoms with Gasteiger partial charge in [0, 0.05) is 18.7 Å². The lowest BCUT2D eigenvalue weighted by Crippen LogP contribution is -2.26. The molecule has 0 saturated carbocycles. The number of hydrogen-bond donors (Lipinski definition) is 5. The average Bonchev–Trinajstić information content (AvgIpc) is 2.32. The molecule has 0 atom stereocenters. The van der Waals surface area contributed by atoms with Crippen LogP contribution in [0.4, 0.5) is 0 Å². The third-order valence-electron chi connectivity index (χ3n) is 2.42. The fourth-order valence-corrected chi connectivity index (χ4v) is 1.96. The minimum absolute atomic E-state index is 0.304. The lowest BCUT2D eigenvalue weighted by molar-refractivity contribution is 0.364. The zero-order chi connectivity index (χ0) is 14.5. The highest BCUT2D eigenvalue weighted by atomic mass is 32.2. The molecule has 19 heavy (non-hydrogen) atoms. The van der Waals surface area contributed by atoms with Crippen LogP contribution in [0, 0.1) is 0 Å². The number of phenols is 3. The molecule has 7 nitrogen and oxygen atoms in total. The van der Waals surface area contributed by atoms with Gasteiger partial charge in [-0.15, -0.1) is 0 Å². The highest BCUT2D eigenvalue weighted by Crippen LogP contribution is 2.36. The molecule has 8 heteroatoms. The van der Waals surface area contributed by atoms with Crippen molar-refractivity contribution in [1.82, 2.24) is 10.0 Å². The van der Waals surface area contributed by atoms with Gasteiger partial charge in [0.2, 0.25) is 15.8 Å². The Kier molecular flexibility index (Phi) is 5.40. The topological polar surface area (TPSA) is 119 Å². The maximum Gasteiger partial charge on any atom is 0.208 e. The number of hydrogen-bond acceptors (Lipinski definition) is 6. The van der Waals surface area contributed by atoms with Crippen molar-refractivity contribution in [2.45, 2.75) is 13.0 Å². The van der Waals surface area contributed by atoms with Crippen LogP contribution in [0.5, 0.6) is 17.2 Å². The Hall–Kier alpha value is -1.51. The van der Waals surface area contributed by atoms with E-state index in [1.165, 1.54) is 12.1 Å². The van der Waals surface area contributed by atoms with Crippen molar-refractivity contribution >= 4 is 10.0 Å². The molecule has 0 aliphatic carbocycles. The molecule has 0 heterocycles. The Bertz CT molecular complexity index is 530. The lowest BCUT2D eigenvalue weighted by Gasteiger charge is -2.09. The van der Waals surface area contributed by atoms with Crippen LogP contribution in [0.25, 0.3) is 0 Å². The minimum atomic E-state index is -3.16. The Labute approximate surface area is 111 Å². The first-order chi connectivity index (χ1) is 8.81. The van der Waals surface area contributed by atoms with Crippen molar-refractivity contribution in [3.8, 4) is 17.2 Å².